The molecule has 0 atom stereocenters. The first-order chi connectivity index (χ1) is 16.8. The van der Waals surface area contributed by atoms with E-state index in [1.54, 1.807) is 7.11 Å². The van der Waals surface area contributed by atoms with Gasteiger partial charge in [-0.05, 0) is 46.5 Å². The van der Waals surface area contributed by atoms with Gasteiger partial charge in [0.2, 0.25) is 6.41 Å². The molecule has 0 aliphatic rings. The van der Waals surface area contributed by atoms with E-state index >= 15 is 0 Å². The number of amides is 1. The normalized spacial score (nSPS) is 11.2. The van der Waals surface area contributed by atoms with Gasteiger partial charge >= 0.3 is 0 Å². The van der Waals surface area contributed by atoms with Gasteiger partial charge in [0.15, 0.2) is 0 Å². The zero-order valence-electron chi connectivity index (χ0n) is 18.6. The van der Waals surface area contributed by atoms with Crippen LogP contribution in [0.25, 0.3) is 43.4 Å². The molecule has 6 aromatic carbocycles. The topological polar surface area (TPSA) is 50.4 Å². The van der Waals surface area contributed by atoms with Gasteiger partial charge in [-0.15, -0.1) is 0 Å². The zero-order valence-corrected chi connectivity index (χ0v) is 18.6. The number of benzene rings is 6. The maximum Gasteiger partial charge on any atom is 0.211 e. The van der Waals surface area contributed by atoms with E-state index < -0.39 is 0 Å². The second kappa shape index (κ2) is 8.09. The lowest BCUT2D eigenvalue weighted by Crippen LogP contribution is -2.00. The quantitative estimate of drug-likeness (QED) is 0.207. The Morgan fingerprint density at radius 1 is 0.706 bits per heavy atom. The van der Waals surface area contributed by atoms with Crippen LogP contribution in [-0.4, -0.2) is 13.5 Å². The number of carbonyl (C=O) groups excluding carboxylic acids is 1. The lowest BCUT2D eigenvalue weighted by molar-refractivity contribution is -0.105. The van der Waals surface area contributed by atoms with Gasteiger partial charge in [0.1, 0.15) is 5.75 Å². The number of methoxy groups -OCH3 is 1. The highest BCUT2D eigenvalue weighted by molar-refractivity contribution is 6.30. The molecule has 0 saturated carbocycles. The fourth-order valence-corrected chi connectivity index (χ4v) is 4.96. The van der Waals surface area contributed by atoms with Gasteiger partial charge in [-0.25, -0.2) is 0 Å². The third-order valence-electron chi connectivity index (χ3n) is 6.42. The van der Waals surface area contributed by atoms with Gasteiger partial charge < -0.3 is 15.4 Å². The number of para-hydroxylation sites is 2. The molecule has 0 fully saturated rings. The maximum atomic E-state index is 11.5. The first-order valence-electron chi connectivity index (χ1n) is 11.2. The van der Waals surface area contributed by atoms with Crippen LogP contribution >= 0.6 is 0 Å². The first-order valence-corrected chi connectivity index (χ1v) is 11.2. The van der Waals surface area contributed by atoms with E-state index in [0.717, 1.165) is 61.9 Å². The molecule has 0 spiro atoms. The summed E-state index contributed by atoms with van der Waals surface area (Å²) >= 11 is 0. The summed E-state index contributed by atoms with van der Waals surface area (Å²) in [4.78, 5) is 11.5. The lowest BCUT2D eigenvalue weighted by atomic mass is 9.88. The molecule has 4 heteroatoms. The number of hydrogen-bond acceptors (Lipinski definition) is 3. The van der Waals surface area contributed by atoms with Crippen molar-refractivity contribution in [2.24, 2.45) is 0 Å². The second-order valence-electron chi connectivity index (χ2n) is 8.29. The predicted molar refractivity (Wildman–Crippen MR) is 142 cm³/mol. The van der Waals surface area contributed by atoms with Gasteiger partial charge in [0.05, 0.1) is 12.8 Å². The molecule has 0 aromatic heterocycles. The minimum absolute atomic E-state index is 0.741. The summed E-state index contributed by atoms with van der Waals surface area (Å²) in [6.07, 6.45) is 0.741. The predicted octanol–water partition coefficient (Wildman–Crippen LogP) is 7.57. The van der Waals surface area contributed by atoms with Crippen LogP contribution in [0.1, 0.15) is 0 Å². The minimum Gasteiger partial charge on any atom is -0.496 e. The Morgan fingerprint density at radius 3 is 2.32 bits per heavy atom. The van der Waals surface area contributed by atoms with E-state index in [9.17, 15) is 4.79 Å². The Morgan fingerprint density at radius 2 is 1.50 bits per heavy atom. The van der Waals surface area contributed by atoms with Crippen LogP contribution in [0.5, 0.6) is 5.75 Å². The van der Waals surface area contributed by atoms with Crippen molar-refractivity contribution in [3.8, 4) is 16.9 Å². The molecule has 6 aromatic rings. The number of anilines is 3. The fourth-order valence-electron chi connectivity index (χ4n) is 4.96. The number of hydrogen-bond donors (Lipinski definition) is 2. The molecular formula is C30H22N2O2. The summed E-state index contributed by atoms with van der Waals surface area (Å²) in [6, 6.07) is 33.0. The van der Waals surface area contributed by atoms with E-state index in [-0.39, 0.29) is 0 Å². The van der Waals surface area contributed by atoms with E-state index in [1.165, 1.54) is 10.8 Å². The maximum absolute atomic E-state index is 11.5. The molecule has 0 aliphatic heterocycles. The first kappa shape index (κ1) is 20.1. The van der Waals surface area contributed by atoms with Crippen molar-refractivity contribution >= 4 is 55.8 Å². The van der Waals surface area contributed by atoms with Crippen LogP contribution in [-0.2, 0) is 4.79 Å². The Kier molecular flexibility index (Phi) is 4.77. The zero-order chi connectivity index (χ0) is 23.1. The van der Waals surface area contributed by atoms with Gasteiger partial charge in [-0.2, -0.15) is 0 Å². The third-order valence-corrected chi connectivity index (χ3v) is 6.42. The van der Waals surface area contributed by atoms with Crippen molar-refractivity contribution in [3.63, 3.8) is 0 Å². The fraction of sp³-hybridized carbons (Fsp3) is 0.0333. The van der Waals surface area contributed by atoms with Crippen LogP contribution in [0, 0.1) is 0 Å². The molecule has 0 bridgehead atoms. The molecule has 1 amide bonds. The van der Waals surface area contributed by atoms with Crippen molar-refractivity contribution < 1.29 is 9.53 Å². The highest BCUT2D eigenvalue weighted by atomic mass is 16.5. The molecule has 2 N–H and O–H groups in total. The number of ether oxygens (including phenoxy) is 1. The average Bonchev–Trinajstić information content (AvgIpc) is 2.89. The molecule has 164 valence electrons. The second-order valence-corrected chi connectivity index (χ2v) is 8.29. The van der Waals surface area contributed by atoms with Crippen molar-refractivity contribution in [2.75, 3.05) is 17.7 Å². The molecule has 0 radical (unpaired) electrons. The third kappa shape index (κ3) is 3.11. The largest absolute Gasteiger partial charge is 0.496 e. The molecule has 6 rings (SSSR count). The minimum atomic E-state index is 0.741. The standard InChI is InChI=1S/C30H22N2O2/c1-34-27-13-6-5-12-22(27)24-17-25-26(31-18-33)16-20-9-7-8-19-14-15-23(29(25)28(19)20)30(24)32-21-10-3-2-4-11-21/h2-18,32H,1H3,(H,31,33). The molecule has 34 heavy (non-hydrogen) atoms. The summed E-state index contributed by atoms with van der Waals surface area (Å²) in [5.41, 5.74) is 4.76. The Labute approximate surface area is 197 Å². The van der Waals surface area contributed by atoms with Crippen LogP contribution in [0.2, 0.25) is 0 Å². The Balaban J connectivity index is 1.79. The van der Waals surface area contributed by atoms with Gasteiger partial charge in [-0.1, -0.05) is 66.7 Å². The Hall–Kier alpha value is -4.57. The van der Waals surface area contributed by atoms with E-state index in [2.05, 4.69) is 71.3 Å². The van der Waals surface area contributed by atoms with Gasteiger partial charge in [0, 0.05) is 38.7 Å². The molecular weight excluding hydrogens is 420 g/mol. The number of carbonyl (C=O) groups is 1. The highest BCUT2D eigenvalue weighted by Crippen LogP contribution is 2.47. The van der Waals surface area contributed by atoms with Crippen molar-refractivity contribution in [3.05, 3.63) is 97.1 Å². The van der Waals surface area contributed by atoms with Crippen LogP contribution in [0.3, 0.4) is 0 Å². The SMILES string of the molecule is COc1ccccc1-c1cc2c(NC=O)cc3cccc4ccc(c1Nc1ccccc1)c2c43. The summed E-state index contributed by atoms with van der Waals surface area (Å²) in [6.45, 7) is 0. The van der Waals surface area contributed by atoms with Crippen LogP contribution < -0.4 is 15.4 Å². The van der Waals surface area contributed by atoms with Crippen LogP contribution in [0.4, 0.5) is 17.1 Å². The van der Waals surface area contributed by atoms with Crippen molar-refractivity contribution in [1.82, 2.24) is 0 Å². The van der Waals surface area contributed by atoms with Gasteiger partial charge in [0.25, 0.3) is 0 Å². The number of rotatable bonds is 6. The summed E-state index contributed by atoms with van der Waals surface area (Å²) in [5.74, 6) is 0.788. The molecule has 0 saturated heterocycles. The average molecular weight is 443 g/mol. The van der Waals surface area contributed by atoms with E-state index in [1.807, 2.05) is 36.4 Å². The molecule has 0 heterocycles. The summed E-state index contributed by atoms with van der Waals surface area (Å²) in [7, 11) is 1.69. The number of nitrogens with one attached hydrogen (secondary N) is 2. The van der Waals surface area contributed by atoms with E-state index in [4.69, 9.17) is 4.74 Å². The van der Waals surface area contributed by atoms with Crippen molar-refractivity contribution in [2.45, 2.75) is 0 Å². The summed E-state index contributed by atoms with van der Waals surface area (Å²) < 4.78 is 5.73. The smallest absolute Gasteiger partial charge is 0.211 e. The monoisotopic (exact) mass is 442 g/mol. The van der Waals surface area contributed by atoms with Crippen molar-refractivity contribution in [1.29, 1.82) is 0 Å². The summed E-state index contributed by atoms with van der Waals surface area (Å²) in [5, 5.41) is 13.3. The lowest BCUT2D eigenvalue weighted by Gasteiger charge is -2.22. The van der Waals surface area contributed by atoms with E-state index in [0.29, 0.717) is 0 Å². The van der Waals surface area contributed by atoms with Gasteiger partial charge in [-0.3, -0.25) is 4.79 Å². The molecule has 4 nitrogen and oxygen atoms in total. The highest BCUT2D eigenvalue weighted by Gasteiger charge is 2.20. The molecule has 0 aliphatic carbocycles. The van der Waals surface area contributed by atoms with Crippen LogP contribution in [0.15, 0.2) is 97.1 Å². The Bertz CT molecular complexity index is 1660. The molecule has 0 unspecified atom stereocenters.